The molecule has 32 heavy (non-hydrogen) atoms. The first-order valence-electron chi connectivity index (χ1n) is 12.1. The largest absolute Gasteiger partial charge is 0.384 e. The number of pyridine rings is 2. The molecular formula is C27H36N4O. The number of nitrogens with one attached hydrogen (secondary N) is 1. The first kappa shape index (κ1) is 22.5. The second kappa shape index (κ2) is 9.86. The Morgan fingerprint density at radius 1 is 1.16 bits per heavy atom. The van der Waals surface area contributed by atoms with Gasteiger partial charge < -0.3 is 10.7 Å². The summed E-state index contributed by atoms with van der Waals surface area (Å²) in [6, 6.07) is 15.5. The smallest absolute Gasteiger partial charge is 0.252 e. The van der Waals surface area contributed by atoms with E-state index in [1.54, 1.807) is 6.07 Å². The van der Waals surface area contributed by atoms with Gasteiger partial charge in [0, 0.05) is 46.7 Å². The number of fused-ring (bicyclic) bond motifs is 1. The number of piperidine rings is 1. The third kappa shape index (κ3) is 4.73. The van der Waals surface area contributed by atoms with Crippen LogP contribution in [0.4, 0.5) is 5.82 Å². The predicted octanol–water partition coefficient (Wildman–Crippen LogP) is 5.59. The Morgan fingerprint density at radius 3 is 2.62 bits per heavy atom. The summed E-state index contributed by atoms with van der Waals surface area (Å²) in [5.74, 6) is 0.480. The van der Waals surface area contributed by atoms with E-state index in [2.05, 4.69) is 53.8 Å². The number of nitrogen functional groups attached to an aromatic ring is 1. The average molecular weight is 433 g/mol. The summed E-state index contributed by atoms with van der Waals surface area (Å²) in [6.45, 7) is 7.01. The van der Waals surface area contributed by atoms with Crippen molar-refractivity contribution < 1.29 is 0 Å². The number of rotatable bonds is 7. The first-order chi connectivity index (χ1) is 15.5. The molecule has 3 heterocycles. The number of nitrogens with two attached hydrogens (primary N) is 1. The van der Waals surface area contributed by atoms with Gasteiger partial charge in [-0.2, -0.15) is 0 Å². The summed E-state index contributed by atoms with van der Waals surface area (Å²) in [6.07, 6.45) is 7.79. The molecule has 0 bridgehead atoms. The number of nitrogens with zero attached hydrogens (tertiary/aromatic N) is 2. The fraction of sp³-hybridized carbons (Fsp3) is 0.481. The lowest BCUT2D eigenvalue weighted by atomic mass is 9.88. The average Bonchev–Trinajstić information content (AvgIpc) is 2.76. The number of hydrogen-bond donors (Lipinski definition) is 2. The Hall–Kier alpha value is -2.66. The quantitative estimate of drug-likeness (QED) is 0.510. The van der Waals surface area contributed by atoms with Gasteiger partial charge in [-0.1, -0.05) is 44.4 Å². The SMILES string of the molecule is CCCCC(c1cccc2[nH]c(=O)c(Cc3cccc(N)n3)cc12)N1C(C)CCCC1C. The first-order valence-corrected chi connectivity index (χ1v) is 12.1. The molecular weight excluding hydrogens is 396 g/mol. The predicted molar refractivity (Wildman–Crippen MR) is 133 cm³/mol. The number of aromatic nitrogens is 2. The fourth-order valence-electron chi connectivity index (χ4n) is 5.43. The minimum atomic E-state index is -0.0521. The van der Waals surface area contributed by atoms with Crippen molar-refractivity contribution in [1.29, 1.82) is 0 Å². The molecule has 0 spiro atoms. The van der Waals surface area contributed by atoms with E-state index in [0.29, 0.717) is 30.4 Å². The van der Waals surface area contributed by atoms with Gasteiger partial charge >= 0.3 is 0 Å². The summed E-state index contributed by atoms with van der Waals surface area (Å²) < 4.78 is 0. The molecule has 0 aliphatic carbocycles. The van der Waals surface area contributed by atoms with Crippen LogP contribution in [0.15, 0.2) is 47.3 Å². The topological polar surface area (TPSA) is 75.0 Å². The zero-order valence-corrected chi connectivity index (χ0v) is 19.6. The molecule has 1 aromatic carbocycles. The van der Waals surface area contributed by atoms with Gasteiger partial charge in [0.2, 0.25) is 0 Å². The Bertz CT molecular complexity index is 1110. The highest BCUT2D eigenvalue weighted by atomic mass is 16.1. The molecule has 1 saturated heterocycles. The van der Waals surface area contributed by atoms with E-state index in [-0.39, 0.29) is 5.56 Å². The van der Waals surface area contributed by atoms with Gasteiger partial charge in [-0.25, -0.2) is 4.98 Å². The van der Waals surface area contributed by atoms with Crippen molar-refractivity contribution in [3.63, 3.8) is 0 Å². The van der Waals surface area contributed by atoms with E-state index >= 15 is 0 Å². The molecule has 3 aromatic rings. The highest BCUT2D eigenvalue weighted by molar-refractivity contribution is 5.83. The second-order valence-electron chi connectivity index (χ2n) is 9.40. The molecule has 1 fully saturated rings. The Morgan fingerprint density at radius 2 is 1.91 bits per heavy atom. The fourth-order valence-corrected chi connectivity index (χ4v) is 5.43. The highest BCUT2D eigenvalue weighted by Gasteiger charge is 2.32. The van der Waals surface area contributed by atoms with E-state index in [9.17, 15) is 4.79 Å². The summed E-state index contributed by atoms with van der Waals surface area (Å²) in [5, 5.41) is 1.15. The minimum absolute atomic E-state index is 0.0521. The molecule has 0 amide bonds. The Kier molecular flexibility index (Phi) is 6.95. The molecule has 170 valence electrons. The van der Waals surface area contributed by atoms with Gasteiger partial charge in [0.1, 0.15) is 5.82 Å². The standard InChI is InChI=1S/C27H36N4O/c1-4-5-14-25(31-18(2)9-6-10-19(31)3)22-12-8-13-24-23(22)17-20(27(32)30-24)16-21-11-7-15-26(28)29-21/h7-8,11-13,15,17-19,25H,4-6,9-10,14,16H2,1-3H3,(H2,28,29)(H,30,32). The van der Waals surface area contributed by atoms with Gasteiger partial charge in [-0.15, -0.1) is 0 Å². The van der Waals surface area contributed by atoms with Crippen molar-refractivity contribution in [3.05, 3.63) is 69.6 Å². The normalized spacial score (nSPS) is 20.5. The van der Waals surface area contributed by atoms with Crippen molar-refractivity contribution in [1.82, 2.24) is 14.9 Å². The van der Waals surface area contributed by atoms with Crippen molar-refractivity contribution >= 4 is 16.7 Å². The van der Waals surface area contributed by atoms with Crippen LogP contribution in [-0.4, -0.2) is 27.0 Å². The number of aromatic amines is 1. The van der Waals surface area contributed by atoms with Crippen molar-refractivity contribution in [2.45, 2.75) is 83.8 Å². The van der Waals surface area contributed by atoms with Crippen LogP contribution < -0.4 is 11.3 Å². The van der Waals surface area contributed by atoms with Crippen molar-refractivity contribution in [2.24, 2.45) is 0 Å². The number of hydrogen-bond acceptors (Lipinski definition) is 4. The van der Waals surface area contributed by atoms with Crippen molar-refractivity contribution in [3.8, 4) is 0 Å². The van der Waals surface area contributed by atoms with E-state index in [4.69, 9.17) is 5.73 Å². The van der Waals surface area contributed by atoms with Crippen LogP contribution in [0, 0.1) is 0 Å². The summed E-state index contributed by atoms with van der Waals surface area (Å²) in [5.41, 5.74) is 9.59. The van der Waals surface area contributed by atoms with E-state index in [1.807, 2.05) is 18.2 Å². The molecule has 3 N–H and O–H groups in total. The van der Waals surface area contributed by atoms with Gasteiger partial charge in [-0.3, -0.25) is 9.69 Å². The zero-order chi connectivity index (χ0) is 22.7. The molecule has 0 radical (unpaired) electrons. The Labute approximate surface area is 191 Å². The van der Waals surface area contributed by atoms with E-state index in [1.165, 1.54) is 37.7 Å². The van der Waals surface area contributed by atoms with Gasteiger partial charge in [0.15, 0.2) is 0 Å². The van der Waals surface area contributed by atoms with Gasteiger partial charge in [0.05, 0.1) is 0 Å². The maximum Gasteiger partial charge on any atom is 0.252 e. The number of H-pyrrole nitrogens is 1. The van der Waals surface area contributed by atoms with Gasteiger partial charge in [0.25, 0.3) is 5.56 Å². The van der Waals surface area contributed by atoms with Crippen LogP contribution in [0.5, 0.6) is 0 Å². The number of unbranched alkanes of at least 4 members (excludes halogenated alkanes) is 1. The number of benzene rings is 1. The monoisotopic (exact) mass is 432 g/mol. The van der Waals surface area contributed by atoms with Crippen molar-refractivity contribution in [2.75, 3.05) is 5.73 Å². The lowest BCUT2D eigenvalue weighted by Crippen LogP contribution is -2.46. The Balaban J connectivity index is 1.79. The molecule has 1 aliphatic heterocycles. The molecule has 1 aliphatic rings. The minimum Gasteiger partial charge on any atom is -0.384 e. The molecule has 5 nitrogen and oxygen atoms in total. The van der Waals surface area contributed by atoms with E-state index < -0.39 is 0 Å². The molecule has 3 unspecified atom stereocenters. The molecule has 2 aromatic heterocycles. The maximum absolute atomic E-state index is 12.9. The molecule has 5 heteroatoms. The lowest BCUT2D eigenvalue weighted by molar-refractivity contribution is 0.0496. The van der Waals surface area contributed by atoms with Crippen LogP contribution in [0.1, 0.15) is 82.2 Å². The van der Waals surface area contributed by atoms with Crippen LogP contribution >= 0.6 is 0 Å². The number of likely N-dealkylation sites (tertiary alicyclic amines) is 1. The van der Waals surface area contributed by atoms with Crippen LogP contribution in [0.25, 0.3) is 10.9 Å². The molecule has 0 saturated carbocycles. The summed E-state index contributed by atoms with van der Waals surface area (Å²) in [7, 11) is 0. The highest BCUT2D eigenvalue weighted by Crippen LogP contribution is 2.38. The molecule has 4 rings (SSSR count). The molecule has 3 atom stereocenters. The summed E-state index contributed by atoms with van der Waals surface area (Å²) >= 11 is 0. The van der Waals surface area contributed by atoms with Crippen LogP contribution in [0.3, 0.4) is 0 Å². The summed E-state index contributed by atoms with van der Waals surface area (Å²) in [4.78, 5) is 23.1. The van der Waals surface area contributed by atoms with Crippen LogP contribution in [-0.2, 0) is 6.42 Å². The third-order valence-corrected chi connectivity index (χ3v) is 7.01. The second-order valence-corrected chi connectivity index (χ2v) is 9.40. The van der Waals surface area contributed by atoms with Crippen LogP contribution in [0.2, 0.25) is 0 Å². The third-order valence-electron chi connectivity index (χ3n) is 7.01. The van der Waals surface area contributed by atoms with Gasteiger partial charge in [-0.05, 0) is 62.9 Å². The maximum atomic E-state index is 12.9. The number of anilines is 1. The van der Waals surface area contributed by atoms with E-state index in [0.717, 1.165) is 28.6 Å². The lowest BCUT2D eigenvalue weighted by Gasteiger charge is -2.45. The zero-order valence-electron chi connectivity index (χ0n) is 19.6.